The molecule has 2 N–H and O–H groups in total. The maximum atomic E-state index is 12.4. The molecule has 1 aromatic carbocycles. The van der Waals surface area contributed by atoms with E-state index in [0.29, 0.717) is 29.4 Å². The molecule has 1 aromatic rings. The lowest BCUT2D eigenvalue weighted by atomic mass is 10.0. The zero-order valence-electron chi connectivity index (χ0n) is 17.9. The molecule has 1 atom stereocenters. The lowest BCUT2D eigenvalue weighted by molar-refractivity contribution is 0.161. The topological polar surface area (TPSA) is 73.8 Å². The molecule has 1 aliphatic rings. The van der Waals surface area contributed by atoms with Crippen molar-refractivity contribution in [3.8, 4) is 0 Å². The number of aliphatic imine (C=N–C) groups is 1. The SMILES string of the molecule is CN=C(NCCS(=O)(=O)c1ccccc1)NCC(C(C)C)N1CCCCCC1.I. The van der Waals surface area contributed by atoms with Crippen LogP contribution in [0.5, 0.6) is 0 Å². The number of halogens is 1. The van der Waals surface area contributed by atoms with Crippen LogP contribution in [0.2, 0.25) is 0 Å². The molecule has 0 aromatic heterocycles. The van der Waals surface area contributed by atoms with Crippen molar-refractivity contribution in [3.63, 3.8) is 0 Å². The molecule has 0 aliphatic carbocycles. The first kappa shape index (κ1) is 26.2. The van der Waals surface area contributed by atoms with Crippen molar-refractivity contribution in [1.29, 1.82) is 0 Å². The van der Waals surface area contributed by atoms with Gasteiger partial charge in [-0.1, -0.05) is 44.9 Å². The molecular formula is C21H37IN4O2S. The Balaban J connectivity index is 0.00000420. The molecule has 0 spiro atoms. The zero-order valence-corrected chi connectivity index (χ0v) is 21.1. The van der Waals surface area contributed by atoms with Crippen LogP contribution in [-0.2, 0) is 9.84 Å². The minimum Gasteiger partial charge on any atom is -0.355 e. The van der Waals surface area contributed by atoms with Crippen LogP contribution < -0.4 is 10.6 Å². The van der Waals surface area contributed by atoms with Gasteiger partial charge < -0.3 is 10.6 Å². The van der Waals surface area contributed by atoms with Crippen molar-refractivity contribution in [2.24, 2.45) is 10.9 Å². The molecule has 0 amide bonds. The van der Waals surface area contributed by atoms with Gasteiger partial charge in [-0.15, -0.1) is 24.0 Å². The Bertz CT molecular complexity index is 703. The first-order valence-corrected chi connectivity index (χ1v) is 12.1. The van der Waals surface area contributed by atoms with E-state index < -0.39 is 9.84 Å². The molecule has 1 fully saturated rings. The summed E-state index contributed by atoms with van der Waals surface area (Å²) in [5, 5.41) is 6.54. The van der Waals surface area contributed by atoms with E-state index in [1.165, 1.54) is 25.7 Å². The molecule has 1 heterocycles. The summed E-state index contributed by atoms with van der Waals surface area (Å²) in [4.78, 5) is 7.21. The molecular weight excluding hydrogens is 499 g/mol. The van der Waals surface area contributed by atoms with Crippen molar-refractivity contribution in [2.75, 3.05) is 39.0 Å². The first-order chi connectivity index (χ1) is 13.4. The summed E-state index contributed by atoms with van der Waals surface area (Å²) in [6.45, 7) is 7.98. The molecule has 0 saturated carbocycles. The van der Waals surface area contributed by atoms with E-state index in [1.54, 1.807) is 31.3 Å². The van der Waals surface area contributed by atoms with Gasteiger partial charge in [0.15, 0.2) is 15.8 Å². The first-order valence-electron chi connectivity index (χ1n) is 10.4. The number of guanidine groups is 1. The third-order valence-electron chi connectivity index (χ3n) is 5.35. The second-order valence-corrected chi connectivity index (χ2v) is 9.88. The smallest absolute Gasteiger partial charge is 0.191 e. The Morgan fingerprint density at radius 1 is 1.07 bits per heavy atom. The van der Waals surface area contributed by atoms with E-state index in [0.717, 1.165) is 19.6 Å². The van der Waals surface area contributed by atoms with Crippen molar-refractivity contribution < 1.29 is 8.42 Å². The van der Waals surface area contributed by atoms with Gasteiger partial charge in [-0.25, -0.2) is 8.42 Å². The third kappa shape index (κ3) is 8.80. The van der Waals surface area contributed by atoms with Gasteiger partial charge in [0, 0.05) is 26.2 Å². The summed E-state index contributed by atoms with van der Waals surface area (Å²) in [5.41, 5.74) is 0. The number of rotatable bonds is 8. The predicted octanol–water partition coefficient (Wildman–Crippen LogP) is 3.14. The maximum Gasteiger partial charge on any atom is 0.191 e. The quantitative estimate of drug-likeness (QED) is 0.304. The van der Waals surface area contributed by atoms with Crippen LogP contribution in [0.25, 0.3) is 0 Å². The Morgan fingerprint density at radius 2 is 1.69 bits per heavy atom. The molecule has 29 heavy (non-hydrogen) atoms. The maximum absolute atomic E-state index is 12.4. The fraction of sp³-hybridized carbons (Fsp3) is 0.667. The molecule has 6 nitrogen and oxygen atoms in total. The minimum atomic E-state index is -3.28. The number of sulfone groups is 1. The second-order valence-electron chi connectivity index (χ2n) is 7.77. The number of nitrogens with one attached hydrogen (secondary N) is 2. The molecule has 2 rings (SSSR count). The van der Waals surface area contributed by atoms with Crippen LogP contribution in [0.4, 0.5) is 0 Å². The van der Waals surface area contributed by atoms with Crippen LogP contribution in [-0.4, -0.2) is 64.3 Å². The van der Waals surface area contributed by atoms with Crippen molar-refractivity contribution >= 4 is 39.8 Å². The van der Waals surface area contributed by atoms with Crippen LogP contribution in [0, 0.1) is 5.92 Å². The molecule has 0 bridgehead atoms. The van der Waals surface area contributed by atoms with Crippen LogP contribution >= 0.6 is 24.0 Å². The Labute approximate surface area is 193 Å². The van der Waals surface area contributed by atoms with Gasteiger partial charge >= 0.3 is 0 Å². The minimum absolute atomic E-state index is 0. The number of benzene rings is 1. The summed E-state index contributed by atoms with van der Waals surface area (Å²) in [6.07, 6.45) is 5.20. The number of nitrogens with zero attached hydrogens (tertiary/aromatic N) is 2. The standard InChI is InChI=1S/C21H36N4O2S.HI/c1-18(2)20(25-14-9-4-5-10-15-25)17-24-21(22-3)23-13-16-28(26,27)19-11-7-6-8-12-19;/h6-8,11-12,18,20H,4-5,9-10,13-17H2,1-3H3,(H2,22,23,24);1H. The van der Waals surface area contributed by atoms with Gasteiger partial charge in [-0.2, -0.15) is 0 Å². The largest absolute Gasteiger partial charge is 0.355 e. The van der Waals surface area contributed by atoms with Gasteiger partial charge in [-0.05, 0) is 44.0 Å². The molecule has 166 valence electrons. The van der Waals surface area contributed by atoms with Gasteiger partial charge in [0.25, 0.3) is 0 Å². The van der Waals surface area contributed by atoms with Gasteiger partial charge in [-0.3, -0.25) is 9.89 Å². The molecule has 1 aliphatic heterocycles. The fourth-order valence-corrected chi connectivity index (χ4v) is 4.86. The lowest BCUT2D eigenvalue weighted by Crippen LogP contribution is -2.50. The van der Waals surface area contributed by atoms with E-state index >= 15 is 0 Å². The lowest BCUT2D eigenvalue weighted by Gasteiger charge is -2.34. The highest BCUT2D eigenvalue weighted by molar-refractivity contribution is 14.0. The van der Waals surface area contributed by atoms with Gasteiger partial charge in [0.1, 0.15) is 0 Å². The highest BCUT2D eigenvalue weighted by Gasteiger charge is 2.23. The van der Waals surface area contributed by atoms with Crippen LogP contribution in [0.15, 0.2) is 40.2 Å². The monoisotopic (exact) mass is 536 g/mol. The van der Waals surface area contributed by atoms with Gasteiger partial charge in [0.05, 0.1) is 10.6 Å². The summed E-state index contributed by atoms with van der Waals surface area (Å²) in [7, 11) is -1.56. The number of hydrogen-bond donors (Lipinski definition) is 2. The Morgan fingerprint density at radius 3 is 2.24 bits per heavy atom. The van der Waals surface area contributed by atoms with E-state index in [1.807, 2.05) is 6.07 Å². The van der Waals surface area contributed by atoms with E-state index in [-0.39, 0.29) is 29.7 Å². The second kappa shape index (κ2) is 13.4. The molecule has 8 heteroatoms. The zero-order chi connectivity index (χ0) is 20.4. The average molecular weight is 537 g/mol. The Kier molecular flexibility index (Phi) is 12.1. The van der Waals surface area contributed by atoms with Crippen molar-refractivity contribution in [3.05, 3.63) is 30.3 Å². The summed E-state index contributed by atoms with van der Waals surface area (Å²) < 4.78 is 24.8. The van der Waals surface area contributed by atoms with E-state index in [9.17, 15) is 8.42 Å². The number of hydrogen-bond acceptors (Lipinski definition) is 4. The van der Waals surface area contributed by atoms with Crippen molar-refractivity contribution in [1.82, 2.24) is 15.5 Å². The molecule has 1 saturated heterocycles. The fourth-order valence-electron chi connectivity index (χ4n) is 3.68. The summed E-state index contributed by atoms with van der Waals surface area (Å²) in [6, 6.07) is 9.03. The van der Waals surface area contributed by atoms with E-state index in [2.05, 4.69) is 34.4 Å². The van der Waals surface area contributed by atoms with Crippen LogP contribution in [0.3, 0.4) is 0 Å². The summed E-state index contributed by atoms with van der Waals surface area (Å²) >= 11 is 0. The van der Waals surface area contributed by atoms with Gasteiger partial charge in [0.2, 0.25) is 0 Å². The number of likely N-dealkylation sites (tertiary alicyclic amines) is 1. The van der Waals surface area contributed by atoms with E-state index in [4.69, 9.17) is 0 Å². The molecule has 1 unspecified atom stereocenters. The predicted molar refractivity (Wildman–Crippen MR) is 132 cm³/mol. The van der Waals surface area contributed by atoms with Crippen LogP contribution in [0.1, 0.15) is 39.5 Å². The highest BCUT2D eigenvalue weighted by atomic mass is 127. The third-order valence-corrected chi connectivity index (χ3v) is 7.08. The van der Waals surface area contributed by atoms with Crippen molar-refractivity contribution in [2.45, 2.75) is 50.5 Å². The Hall–Kier alpha value is -0.870. The highest BCUT2D eigenvalue weighted by Crippen LogP contribution is 2.17. The average Bonchev–Trinajstić information content (AvgIpc) is 2.96. The molecule has 0 radical (unpaired) electrons. The normalized spacial score (nSPS) is 17.3. The summed E-state index contributed by atoms with van der Waals surface area (Å²) in [5.74, 6) is 1.24.